The molecule has 0 atom stereocenters. The summed E-state index contributed by atoms with van der Waals surface area (Å²) in [7, 11) is 0. The molecule has 0 saturated heterocycles. The molecule has 1 aromatic heterocycles. The molecule has 31 heavy (non-hydrogen) atoms. The third kappa shape index (κ3) is 3.34. The molecule has 7 heteroatoms. The first-order valence-electron chi connectivity index (χ1n) is 9.95. The highest BCUT2D eigenvalue weighted by Crippen LogP contribution is 2.30. The first-order valence-corrected chi connectivity index (χ1v) is 9.95. The predicted octanol–water partition coefficient (Wildman–Crippen LogP) is 4.14. The van der Waals surface area contributed by atoms with Crippen molar-refractivity contribution in [2.45, 2.75) is 27.2 Å². The molecule has 2 aromatic carbocycles. The second-order valence-electron chi connectivity index (χ2n) is 7.38. The zero-order chi connectivity index (χ0) is 22.3. The summed E-state index contributed by atoms with van der Waals surface area (Å²) in [6.07, 6.45) is 0.525. The molecule has 3 amide bonds. The summed E-state index contributed by atoms with van der Waals surface area (Å²) in [5, 5.41) is 2.80. The number of nitrogens with one attached hydrogen (secondary N) is 2. The van der Waals surface area contributed by atoms with Crippen LogP contribution < -0.4 is 10.2 Å². The van der Waals surface area contributed by atoms with E-state index < -0.39 is 17.7 Å². The first-order chi connectivity index (χ1) is 14.8. The Balaban J connectivity index is 1.63. The Morgan fingerprint density at radius 3 is 2.23 bits per heavy atom. The predicted molar refractivity (Wildman–Crippen MR) is 117 cm³/mol. The Bertz CT molecular complexity index is 1220. The number of rotatable bonds is 5. The quantitative estimate of drug-likeness (QED) is 0.483. The van der Waals surface area contributed by atoms with Gasteiger partial charge in [0.25, 0.3) is 17.7 Å². The fraction of sp³-hybridized carbons (Fsp3) is 0.167. The Hall–Kier alpha value is -4.00. The number of hydrogen-bond donors (Lipinski definition) is 2. The molecule has 0 unspecified atom stereocenters. The number of fused-ring (bicyclic) bond motifs is 1. The van der Waals surface area contributed by atoms with Gasteiger partial charge in [-0.2, -0.15) is 0 Å². The van der Waals surface area contributed by atoms with Crippen LogP contribution >= 0.6 is 0 Å². The van der Waals surface area contributed by atoms with Crippen LogP contribution in [0.1, 0.15) is 66.7 Å². The van der Waals surface area contributed by atoms with Crippen molar-refractivity contribution in [3.63, 3.8) is 0 Å². The van der Waals surface area contributed by atoms with Gasteiger partial charge in [-0.05, 0) is 56.2 Å². The maximum absolute atomic E-state index is 12.9. The molecular weight excluding hydrogens is 394 g/mol. The normalized spacial score (nSPS) is 12.8. The van der Waals surface area contributed by atoms with Gasteiger partial charge in [0, 0.05) is 16.9 Å². The van der Waals surface area contributed by atoms with E-state index in [1.54, 1.807) is 55.5 Å². The van der Waals surface area contributed by atoms with Gasteiger partial charge in [0.05, 0.1) is 16.8 Å². The van der Waals surface area contributed by atoms with Crippen molar-refractivity contribution in [1.82, 2.24) is 4.98 Å². The van der Waals surface area contributed by atoms with Crippen molar-refractivity contribution >= 4 is 34.9 Å². The molecule has 7 nitrogen and oxygen atoms in total. The minimum atomic E-state index is -0.400. The number of carbonyl (C=O) groups excluding carboxylic acids is 4. The summed E-state index contributed by atoms with van der Waals surface area (Å²) in [5.74, 6) is -1.30. The van der Waals surface area contributed by atoms with Gasteiger partial charge in [-0.3, -0.25) is 19.2 Å². The average Bonchev–Trinajstić information content (AvgIpc) is 3.22. The number of ketones is 1. The zero-order valence-corrected chi connectivity index (χ0v) is 17.4. The number of anilines is 2. The van der Waals surface area contributed by atoms with Gasteiger partial charge < -0.3 is 10.3 Å². The van der Waals surface area contributed by atoms with E-state index in [1.165, 1.54) is 6.92 Å². The summed E-state index contributed by atoms with van der Waals surface area (Å²) in [6, 6.07) is 13.2. The van der Waals surface area contributed by atoms with Gasteiger partial charge in [-0.1, -0.05) is 25.1 Å². The van der Waals surface area contributed by atoms with Crippen molar-refractivity contribution in [3.05, 3.63) is 82.2 Å². The summed E-state index contributed by atoms with van der Waals surface area (Å²) in [5.41, 5.74) is 3.68. The van der Waals surface area contributed by atoms with Crippen molar-refractivity contribution in [1.29, 1.82) is 0 Å². The highest BCUT2D eigenvalue weighted by molar-refractivity contribution is 6.34. The maximum atomic E-state index is 12.9. The number of aromatic nitrogens is 1. The second-order valence-corrected chi connectivity index (χ2v) is 7.38. The highest BCUT2D eigenvalue weighted by Gasteiger charge is 2.36. The number of carbonyl (C=O) groups is 4. The maximum Gasteiger partial charge on any atom is 0.272 e. The van der Waals surface area contributed by atoms with Gasteiger partial charge in [-0.15, -0.1) is 0 Å². The van der Waals surface area contributed by atoms with E-state index in [1.807, 2.05) is 6.92 Å². The van der Waals surface area contributed by atoms with Crippen LogP contribution in [0.4, 0.5) is 11.4 Å². The van der Waals surface area contributed by atoms with E-state index in [0.717, 1.165) is 4.90 Å². The molecule has 0 saturated carbocycles. The number of nitrogens with zero attached hydrogens (tertiary/aromatic N) is 1. The lowest BCUT2D eigenvalue weighted by Gasteiger charge is -2.15. The molecule has 0 radical (unpaired) electrons. The Kier molecular flexibility index (Phi) is 5.02. The van der Waals surface area contributed by atoms with Crippen LogP contribution in [-0.2, 0) is 6.42 Å². The minimum Gasteiger partial charge on any atom is -0.354 e. The van der Waals surface area contributed by atoms with E-state index in [2.05, 4.69) is 10.3 Å². The van der Waals surface area contributed by atoms with E-state index in [9.17, 15) is 19.2 Å². The Morgan fingerprint density at radius 2 is 1.65 bits per heavy atom. The SMILES string of the molecule is CCc1c(C(=O)Nc2cccc(N3C(=O)c4ccccc4C3=O)c2)[nH]c(C)c1C(C)=O. The molecular formula is C24H21N3O4. The van der Waals surface area contributed by atoms with E-state index in [-0.39, 0.29) is 5.78 Å². The number of hydrogen-bond acceptors (Lipinski definition) is 4. The van der Waals surface area contributed by atoms with Gasteiger partial charge >= 0.3 is 0 Å². The van der Waals surface area contributed by atoms with Crippen LogP contribution in [0.5, 0.6) is 0 Å². The molecule has 3 aromatic rings. The number of amides is 3. The van der Waals surface area contributed by atoms with Crippen molar-refractivity contribution in [2.75, 3.05) is 10.2 Å². The number of imide groups is 1. The largest absolute Gasteiger partial charge is 0.354 e. The van der Waals surface area contributed by atoms with Crippen molar-refractivity contribution in [3.8, 4) is 0 Å². The standard InChI is InChI=1S/C24H21N3O4/c1-4-17-20(14(3)28)13(2)25-21(17)22(29)26-15-8-7-9-16(12-15)27-23(30)18-10-5-6-11-19(18)24(27)31/h5-12,25H,4H2,1-3H3,(H,26,29). The van der Waals surface area contributed by atoms with Crippen LogP contribution in [0.3, 0.4) is 0 Å². The monoisotopic (exact) mass is 415 g/mol. The van der Waals surface area contributed by atoms with Gasteiger partial charge in [-0.25, -0.2) is 4.90 Å². The van der Waals surface area contributed by atoms with Gasteiger partial charge in [0.2, 0.25) is 0 Å². The fourth-order valence-electron chi connectivity index (χ4n) is 4.04. The third-order valence-corrected chi connectivity index (χ3v) is 5.38. The number of aromatic amines is 1. The topological polar surface area (TPSA) is 99.3 Å². The van der Waals surface area contributed by atoms with Gasteiger partial charge in [0.1, 0.15) is 5.69 Å². The summed E-state index contributed by atoms with van der Waals surface area (Å²) >= 11 is 0. The van der Waals surface area contributed by atoms with Crippen LogP contribution in [0.2, 0.25) is 0 Å². The van der Waals surface area contributed by atoms with E-state index in [4.69, 9.17) is 0 Å². The van der Waals surface area contributed by atoms with Crippen LogP contribution in [-0.4, -0.2) is 28.5 Å². The second kappa shape index (κ2) is 7.68. The summed E-state index contributed by atoms with van der Waals surface area (Å²) in [6.45, 7) is 5.12. The molecule has 156 valence electrons. The third-order valence-electron chi connectivity index (χ3n) is 5.38. The molecule has 0 fully saturated rings. The van der Waals surface area contributed by atoms with E-state index >= 15 is 0 Å². The van der Waals surface area contributed by atoms with Crippen molar-refractivity contribution in [2.24, 2.45) is 0 Å². The molecule has 1 aliphatic heterocycles. The summed E-state index contributed by atoms with van der Waals surface area (Å²) < 4.78 is 0. The number of Topliss-reactive ketones (excluding diaryl/α,β-unsaturated/α-hetero) is 1. The fourth-order valence-corrected chi connectivity index (χ4v) is 4.04. The molecule has 0 aliphatic carbocycles. The van der Waals surface area contributed by atoms with E-state index in [0.29, 0.717) is 51.4 Å². The number of H-pyrrole nitrogens is 1. The minimum absolute atomic E-state index is 0.0997. The molecule has 0 bridgehead atoms. The van der Waals surface area contributed by atoms with Crippen LogP contribution in [0.15, 0.2) is 48.5 Å². The Morgan fingerprint density at radius 1 is 1.00 bits per heavy atom. The molecule has 4 rings (SSSR count). The smallest absolute Gasteiger partial charge is 0.272 e. The van der Waals surface area contributed by atoms with Crippen molar-refractivity contribution < 1.29 is 19.2 Å². The molecule has 0 spiro atoms. The zero-order valence-electron chi connectivity index (χ0n) is 17.4. The lowest BCUT2D eigenvalue weighted by molar-refractivity contribution is 0.0923. The lowest BCUT2D eigenvalue weighted by atomic mass is 10.0. The average molecular weight is 415 g/mol. The molecule has 2 heterocycles. The summed E-state index contributed by atoms with van der Waals surface area (Å²) in [4.78, 5) is 54.5. The number of benzene rings is 2. The lowest BCUT2D eigenvalue weighted by Crippen LogP contribution is -2.29. The Labute approximate surface area is 179 Å². The first kappa shape index (κ1) is 20.3. The molecule has 2 N–H and O–H groups in total. The highest BCUT2D eigenvalue weighted by atomic mass is 16.2. The number of aryl methyl sites for hydroxylation is 1. The van der Waals surface area contributed by atoms with Crippen LogP contribution in [0.25, 0.3) is 0 Å². The van der Waals surface area contributed by atoms with Gasteiger partial charge in [0.15, 0.2) is 5.78 Å². The van der Waals surface area contributed by atoms with Crippen LogP contribution in [0, 0.1) is 6.92 Å². The molecule has 1 aliphatic rings.